The zero-order valence-corrected chi connectivity index (χ0v) is 34.9. The molecular formula is C46H66O6Si. The average molecular weight is 743 g/mol. The Morgan fingerprint density at radius 3 is 0.962 bits per heavy atom. The summed E-state index contributed by atoms with van der Waals surface area (Å²) in [6.45, 7) is 15.6. The normalized spacial score (nSPS) is 11.4. The second kappa shape index (κ2) is 23.2. The second-order valence-corrected chi connectivity index (χ2v) is 17.9. The molecule has 0 atom stereocenters. The molecule has 0 spiro atoms. The summed E-state index contributed by atoms with van der Waals surface area (Å²) in [5.74, 6) is 1.46. The molecule has 0 aliphatic rings. The molecule has 0 fully saturated rings. The van der Waals surface area contributed by atoms with Crippen molar-refractivity contribution in [2.45, 2.75) is 144 Å². The summed E-state index contributed by atoms with van der Waals surface area (Å²) in [5.41, 5.74) is 3.57. The molecule has 3 rings (SSSR count). The molecule has 0 aromatic heterocycles. The van der Waals surface area contributed by atoms with E-state index in [1.165, 1.54) is 0 Å². The van der Waals surface area contributed by atoms with E-state index in [4.69, 9.17) is 14.2 Å². The summed E-state index contributed by atoms with van der Waals surface area (Å²) >= 11 is 0. The van der Waals surface area contributed by atoms with Crippen molar-refractivity contribution >= 4 is 24.3 Å². The van der Waals surface area contributed by atoms with Crippen molar-refractivity contribution in [3.05, 3.63) is 88.0 Å². The Hall–Kier alpha value is -3.71. The Morgan fingerprint density at radius 2 is 0.717 bits per heavy atom. The molecule has 6 nitrogen and oxygen atoms in total. The summed E-state index contributed by atoms with van der Waals surface area (Å²) < 4.78 is 19.2. The number of carbonyl (C=O) groups is 3. The molecule has 0 saturated heterocycles. The molecule has 0 aliphatic carbocycles. The van der Waals surface area contributed by atoms with Crippen LogP contribution >= 0.6 is 0 Å². The Labute approximate surface area is 321 Å². The van der Waals surface area contributed by atoms with E-state index in [1.807, 2.05) is 57.2 Å². The number of aryl methyl sites for hydroxylation is 3. The lowest BCUT2D eigenvalue weighted by Gasteiger charge is -2.27. The van der Waals surface area contributed by atoms with E-state index in [0.29, 0.717) is 73.0 Å². The Balaban J connectivity index is 2.24. The van der Waals surface area contributed by atoms with Gasteiger partial charge in [-0.25, -0.2) is 0 Å². The maximum absolute atomic E-state index is 15.4. The lowest BCUT2D eigenvalue weighted by Crippen LogP contribution is -2.57. The molecule has 0 unspecified atom stereocenters. The summed E-state index contributed by atoms with van der Waals surface area (Å²) in [6.07, 6.45) is 14.3. The van der Waals surface area contributed by atoms with Crippen molar-refractivity contribution < 1.29 is 28.6 Å². The molecule has 7 heteroatoms. The van der Waals surface area contributed by atoms with Crippen molar-refractivity contribution in [1.82, 2.24) is 0 Å². The van der Waals surface area contributed by atoms with E-state index >= 15 is 14.4 Å². The molecule has 3 aromatic carbocycles. The lowest BCUT2D eigenvalue weighted by molar-refractivity contribution is 0.0979. The molecule has 0 saturated carbocycles. The van der Waals surface area contributed by atoms with Gasteiger partial charge in [0.2, 0.25) is 0 Å². The van der Waals surface area contributed by atoms with E-state index in [0.717, 1.165) is 93.7 Å². The van der Waals surface area contributed by atoms with Gasteiger partial charge in [0.15, 0.2) is 16.2 Å². The summed E-state index contributed by atoms with van der Waals surface area (Å²) in [5, 5.41) is -1.34. The van der Waals surface area contributed by atoms with E-state index < -0.39 is 24.3 Å². The number of hydrogen-bond donors (Lipinski definition) is 0. The molecule has 0 aliphatic heterocycles. The van der Waals surface area contributed by atoms with Crippen molar-refractivity contribution in [3.63, 3.8) is 0 Å². The molecule has 53 heavy (non-hydrogen) atoms. The number of rotatable bonds is 27. The van der Waals surface area contributed by atoms with Crippen LogP contribution in [0.5, 0.6) is 17.2 Å². The first-order valence-electron chi connectivity index (χ1n) is 20.6. The highest BCUT2D eigenvalue weighted by Gasteiger charge is 2.54. The van der Waals surface area contributed by atoms with E-state index in [1.54, 1.807) is 24.7 Å². The predicted octanol–water partition coefficient (Wildman–Crippen LogP) is 11.9. The zero-order chi connectivity index (χ0) is 38.6. The minimum Gasteiger partial charge on any atom is -0.493 e. The van der Waals surface area contributed by atoms with Gasteiger partial charge in [-0.1, -0.05) is 136 Å². The van der Waals surface area contributed by atoms with Gasteiger partial charge < -0.3 is 14.2 Å². The molecule has 0 radical (unpaired) electrons. The van der Waals surface area contributed by atoms with Crippen molar-refractivity contribution in [3.8, 4) is 17.2 Å². The molecular weight excluding hydrogens is 677 g/mol. The van der Waals surface area contributed by atoms with Crippen LogP contribution in [0.25, 0.3) is 0 Å². The maximum atomic E-state index is 15.4. The Morgan fingerprint density at radius 1 is 0.434 bits per heavy atom. The SMILES string of the molecule is CCCCCCOc1c(CC)cccc1C(=O)[Si](C)(C(=O)c1cccc(CC)c1OCCCCCC)C(=O)c1cccc(CC)c1OCCCCCC. The standard InChI is InChI=1S/C46H66O6Si/c1-8-14-17-20-32-50-41-35(11-4)26-23-29-38(41)44(47)53(7,45(48)39-30-24-27-36(12-5)42(39)51-33-21-18-15-9-2)46(49)40-31-25-28-37(13-6)43(40)52-34-22-19-16-10-3/h23-31H,8-22,32-34H2,1-7H3. The number of para-hydroxylation sites is 3. The number of hydrogen-bond acceptors (Lipinski definition) is 6. The molecule has 3 aromatic rings. The minimum absolute atomic E-state index is 0.304. The van der Waals surface area contributed by atoms with Crippen molar-refractivity contribution in [2.24, 2.45) is 0 Å². The van der Waals surface area contributed by atoms with Crippen LogP contribution in [0.2, 0.25) is 6.55 Å². The van der Waals surface area contributed by atoms with Crippen LogP contribution in [0.3, 0.4) is 0 Å². The Kier molecular flexibility index (Phi) is 19.1. The summed E-state index contributed by atoms with van der Waals surface area (Å²) in [6, 6.07) is 16.6. The molecule has 0 heterocycles. The monoisotopic (exact) mass is 742 g/mol. The van der Waals surface area contributed by atoms with Crippen LogP contribution in [0.1, 0.15) is 166 Å². The predicted molar refractivity (Wildman–Crippen MR) is 221 cm³/mol. The van der Waals surface area contributed by atoms with Crippen LogP contribution in [-0.4, -0.2) is 44.1 Å². The lowest BCUT2D eigenvalue weighted by atomic mass is 10.1. The largest absolute Gasteiger partial charge is 0.493 e. The summed E-state index contributed by atoms with van der Waals surface area (Å²) in [4.78, 5) is 46.1. The quantitative estimate of drug-likeness (QED) is 0.0571. The molecule has 290 valence electrons. The van der Waals surface area contributed by atoms with Crippen molar-refractivity contribution in [1.29, 1.82) is 0 Å². The third kappa shape index (κ3) is 11.4. The fraction of sp³-hybridized carbons (Fsp3) is 0.543. The minimum atomic E-state index is -4.32. The van der Waals surface area contributed by atoms with Gasteiger partial charge in [0.25, 0.3) is 8.07 Å². The average Bonchev–Trinajstić information content (AvgIpc) is 3.19. The van der Waals surface area contributed by atoms with E-state index in [9.17, 15) is 0 Å². The topological polar surface area (TPSA) is 78.9 Å². The smallest absolute Gasteiger partial charge is 0.295 e. The summed E-state index contributed by atoms with van der Waals surface area (Å²) in [7, 11) is -4.32. The van der Waals surface area contributed by atoms with Gasteiger partial charge in [0, 0.05) is 0 Å². The fourth-order valence-electron chi connectivity index (χ4n) is 6.86. The van der Waals surface area contributed by atoms with Crippen molar-refractivity contribution in [2.75, 3.05) is 19.8 Å². The molecule has 0 N–H and O–H groups in total. The van der Waals surface area contributed by atoms with Gasteiger partial charge in [0.05, 0.1) is 36.5 Å². The van der Waals surface area contributed by atoms with Crippen LogP contribution in [0.15, 0.2) is 54.6 Å². The Bertz CT molecular complexity index is 1420. The molecule has 0 bridgehead atoms. The van der Waals surface area contributed by atoms with Crippen LogP contribution in [0, 0.1) is 0 Å². The fourth-order valence-corrected chi connectivity index (χ4v) is 9.69. The highest BCUT2D eigenvalue weighted by atomic mass is 28.3. The highest BCUT2D eigenvalue weighted by molar-refractivity contribution is 7.42. The number of benzene rings is 3. The van der Waals surface area contributed by atoms with Gasteiger partial charge in [0.1, 0.15) is 17.2 Å². The number of ether oxygens (including phenoxy) is 3. The highest BCUT2D eigenvalue weighted by Crippen LogP contribution is 2.36. The van der Waals surface area contributed by atoms with E-state index in [2.05, 4.69) is 20.8 Å². The number of carbonyl (C=O) groups excluding carboxylic acids is 3. The van der Waals surface area contributed by atoms with Crippen LogP contribution < -0.4 is 14.2 Å². The first-order valence-corrected chi connectivity index (χ1v) is 23.1. The first-order chi connectivity index (χ1) is 25.7. The third-order valence-electron chi connectivity index (χ3n) is 10.3. The second-order valence-electron chi connectivity index (χ2n) is 14.3. The van der Waals surface area contributed by atoms with Gasteiger partial charge in [-0.2, -0.15) is 0 Å². The van der Waals surface area contributed by atoms with Gasteiger partial charge in [-0.3, -0.25) is 14.4 Å². The third-order valence-corrected chi connectivity index (χ3v) is 13.8. The van der Waals surface area contributed by atoms with Gasteiger partial charge in [-0.05, 0) is 80.0 Å². The van der Waals surface area contributed by atoms with Crippen LogP contribution in [-0.2, 0) is 19.3 Å². The zero-order valence-electron chi connectivity index (χ0n) is 33.9. The van der Waals surface area contributed by atoms with Gasteiger partial charge >= 0.3 is 0 Å². The van der Waals surface area contributed by atoms with Crippen LogP contribution in [0.4, 0.5) is 0 Å². The maximum Gasteiger partial charge on any atom is 0.295 e. The van der Waals surface area contributed by atoms with E-state index in [-0.39, 0.29) is 0 Å². The van der Waals surface area contributed by atoms with Gasteiger partial charge in [-0.15, -0.1) is 0 Å². The first kappa shape index (κ1) is 43.7. The number of unbranched alkanes of at least 4 members (excludes halogenated alkanes) is 9. The molecule has 0 amide bonds.